The van der Waals surface area contributed by atoms with Crippen molar-refractivity contribution in [3.05, 3.63) is 76.8 Å². The number of aliphatic hydroxyl groups is 1. The molecule has 0 fully saturated rings. The fourth-order valence-electron chi connectivity index (χ4n) is 3.53. The second-order valence-corrected chi connectivity index (χ2v) is 8.46. The number of halogens is 4. The molecule has 0 radical (unpaired) electrons. The number of benzene rings is 2. The van der Waals surface area contributed by atoms with Crippen LogP contribution in [0.4, 0.5) is 13.2 Å². The summed E-state index contributed by atoms with van der Waals surface area (Å²) in [5.74, 6) is -0.227. The largest absolute Gasteiger partial charge is 0.494 e. The van der Waals surface area contributed by atoms with E-state index in [9.17, 15) is 18.0 Å². The Labute approximate surface area is 203 Å². The average molecular weight is 541 g/mol. The Bertz CT molecular complexity index is 1040. The number of carbonyl (C=O) groups excluding carboxylic acids is 1. The van der Waals surface area contributed by atoms with Crippen molar-refractivity contribution < 1.29 is 32.5 Å². The first kappa shape index (κ1) is 25.8. The minimum atomic E-state index is -4.58. The number of hydrogen-bond donors (Lipinski definition) is 2. The van der Waals surface area contributed by atoms with Gasteiger partial charge < -0.3 is 19.9 Å². The van der Waals surface area contributed by atoms with Crippen LogP contribution in [0.3, 0.4) is 0 Å². The standard InChI is InChI=1S/C24H24BrF3N2O4/c1-2-12-23(22(32)29-15-24(26,27)28)20(18-6-3-4-7-19(18)25)34-21(30-23)16-8-10-17(11-9-16)33-14-5-13-31/h2-4,6-11,20,31H,1,5,12-15H2,(H,29,32)/t20-,23-/m1/s1. The lowest BCUT2D eigenvalue weighted by atomic mass is 9.84. The third kappa shape index (κ3) is 5.98. The molecule has 1 amide bonds. The summed E-state index contributed by atoms with van der Waals surface area (Å²) in [5, 5.41) is 10.8. The van der Waals surface area contributed by atoms with Gasteiger partial charge in [-0.1, -0.05) is 40.2 Å². The van der Waals surface area contributed by atoms with Gasteiger partial charge in [0.05, 0.1) is 6.61 Å². The van der Waals surface area contributed by atoms with E-state index in [-0.39, 0.29) is 18.9 Å². The molecule has 182 valence electrons. The van der Waals surface area contributed by atoms with Crippen LogP contribution in [0.1, 0.15) is 30.1 Å². The van der Waals surface area contributed by atoms with Gasteiger partial charge in [-0.05, 0) is 30.3 Å². The highest BCUT2D eigenvalue weighted by Gasteiger charge is 2.53. The first-order chi connectivity index (χ1) is 16.2. The normalized spacial score (nSPS) is 19.8. The molecule has 1 aliphatic heterocycles. The van der Waals surface area contributed by atoms with E-state index in [1.54, 1.807) is 48.5 Å². The van der Waals surface area contributed by atoms with Crippen molar-refractivity contribution in [2.24, 2.45) is 4.99 Å². The van der Waals surface area contributed by atoms with E-state index in [1.807, 2.05) is 5.32 Å². The van der Waals surface area contributed by atoms with Crippen molar-refractivity contribution in [3.63, 3.8) is 0 Å². The number of hydrogen-bond acceptors (Lipinski definition) is 5. The fourth-order valence-corrected chi connectivity index (χ4v) is 4.03. The minimum Gasteiger partial charge on any atom is -0.494 e. The van der Waals surface area contributed by atoms with Crippen LogP contribution in [0.5, 0.6) is 5.75 Å². The molecule has 2 aromatic rings. The van der Waals surface area contributed by atoms with E-state index in [2.05, 4.69) is 27.5 Å². The molecule has 10 heteroatoms. The lowest BCUT2D eigenvalue weighted by molar-refractivity contribution is -0.143. The number of rotatable bonds is 10. The summed E-state index contributed by atoms with van der Waals surface area (Å²) in [5.41, 5.74) is -0.599. The average Bonchev–Trinajstić information content (AvgIpc) is 3.18. The highest BCUT2D eigenvalue weighted by molar-refractivity contribution is 9.10. The predicted molar refractivity (Wildman–Crippen MR) is 125 cm³/mol. The Morgan fingerprint density at radius 2 is 1.97 bits per heavy atom. The van der Waals surface area contributed by atoms with Crippen LogP contribution in [0.25, 0.3) is 0 Å². The van der Waals surface area contributed by atoms with Gasteiger partial charge >= 0.3 is 6.18 Å². The van der Waals surface area contributed by atoms with Crippen molar-refractivity contribution in [1.82, 2.24) is 5.32 Å². The summed E-state index contributed by atoms with van der Waals surface area (Å²) < 4.78 is 50.8. The second kappa shape index (κ2) is 11.1. The van der Waals surface area contributed by atoms with Crippen molar-refractivity contribution in [2.75, 3.05) is 19.8 Å². The van der Waals surface area contributed by atoms with Crippen LogP contribution < -0.4 is 10.1 Å². The fraction of sp³-hybridized carbons (Fsp3) is 0.333. The summed E-state index contributed by atoms with van der Waals surface area (Å²) >= 11 is 3.44. The number of nitrogens with one attached hydrogen (secondary N) is 1. The highest BCUT2D eigenvalue weighted by Crippen LogP contribution is 2.44. The van der Waals surface area contributed by atoms with E-state index in [0.29, 0.717) is 34.4 Å². The van der Waals surface area contributed by atoms with Gasteiger partial charge in [0.15, 0.2) is 11.6 Å². The first-order valence-electron chi connectivity index (χ1n) is 10.5. The molecule has 0 aliphatic carbocycles. The first-order valence-corrected chi connectivity index (χ1v) is 11.3. The molecule has 0 bridgehead atoms. The van der Waals surface area contributed by atoms with Gasteiger partial charge in [-0.15, -0.1) is 6.58 Å². The zero-order valence-corrected chi connectivity index (χ0v) is 19.7. The number of aliphatic imine (C=N–C) groups is 1. The molecule has 0 saturated heterocycles. The van der Waals surface area contributed by atoms with Gasteiger partial charge in [-0.3, -0.25) is 4.79 Å². The van der Waals surface area contributed by atoms with E-state index < -0.39 is 30.3 Å². The number of carbonyl (C=O) groups is 1. The molecular formula is C24H24BrF3N2O4. The quantitative estimate of drug-likeness (QED) is 0.337. The van der Waals surface area contributed by atoms with Crippen LogP contribution in [-0.2, 0) is 9.53 Å². The molecule has 2 aromatic carbocycles. The Balaban J connectivity index is 1.99. The van der Waals surface area contributed by atoms with Gasteiger partial charge in [0.1, 0.15) is 12.3 Å². The maximum Gasteiger partial charge on any atom is 0.405 e. The van der Waals surface area contributed by atoms with Crippen LogP contribution in [-0.4, -0.2) is 48.4 Å². The molecule has 0 aromatic heterocycles. The van der Waals surface area contributed by atoms with Crippen molar-refractivity contribution in [3.8, 4) is 5.75 Å². The summed E-state index contributed by atoms with van der Waals surface area (Å²) in [6.45, 7) is 2.56. The smallest absolute Gasteiger partial charge is 0.405 e. The van der Waals surface area contributed by atoms with Gasteiger partial charge in [0, 0.05) is 35.0 Å². The van der Waals surface area contributed by atoms with Gasteiger partial charge in [0.25, 0.3) is 5.91 Å². The zero-order chi connectivity index (χ0) is 24.8. The Morgan fingerprint density at radius 3 is 2.59 bits per heavy atom. The molecule has 1 heterocycles. The monoisotopic (exact) mass is 540 g/mol. The molecule has 6 nitrogen and oxygen atoms in total. The molecule has 2 N–H and O–H groups in total. The maximum absolute atomic E-state index is 13.2. The van der Waals surface area contributed by atoms with E-state index in [4.69, 9.17) is 14.6 Å². The number of amides is 1. The van der Waals surface area contributed by atoms with Gasteiger partial charge in [-0.25, -0.2) is 4.99 Å². The maximum atomic E-state index is 13.2. The van der Waals surface area contributed by atoms with Crippen LogP contribution in [0.15, 0.2) is 70.7 Å². The summed E-state index contributed by atoms with van der Waals surface area (Å²) in [6.07, 6.45) is -3.70. The number of nitrogens with zero attached hydrogens (tertiary/aromatic N) is 1. The van der Waals surface area contributed by atoms with E-state index >= 15 is 0 Å². The number of ether oxygens (including phenoxy) is 2. The summed E-state index contributed by atoms with van der Waals surface area (Å²) in [6, 6.07) is 13.7. The molecule has 0 saturated carbocycles. The predicted octanol–water partition coefficient (Wildman–Crippen LogP) is 4.72. The van der Waals surface area contributed by atoms with Crippen LogP contribution >= 0.6 is 15.9 Å². The molecule has 3 rings (SSSR count). The topological polar surface area (TPSA) is 80.2 Å². The second-order valence-electron chi connectivity index (χ2n) is 7.60. The molecule has 2 atom stereocenters. The van der Waals surface area contributed by atoms with Gasteiger partial charge in [-0.2, -0.15) is 13.2 Å². The molecular weight excluding hydrogens is 517 g/mol. The van der Waals surface area contributed by atoms with Crippen molar-refractivity contribution >= 4 is 27.7 Å². The SMILES string of the molecule is C=CC[C@@]1(C(=O)NCC(F)(F)F)N=C(c2ccc(OCCCO)cc2)O[C@@H]1c1ccccc1Br. The Hall–Kier alpha value is -2.85. The zero-order valence-electron chi connectivity index (χ0n) is 18.1. The molecule has 1 aliphatic rings. The van der Waals surface area contributed by atoms with Crippen molar-refractivity contribution in [2.45, 2.75) is 30.7 Å². The third-order valence-electron chi connectivity index (χ3n) is 5.12. The number of aliphatic hydroxyl groups excluding tert-OH is 1. The van der Waals surface area contributed by atoms with E-state index in [0.717, 1.165) is 0 Å². The number of alkyl halides is 3. The third-order valence-corrected chi connectivity index (χ3v) is 5.84. The lowest BCUT2D eigenvalue weighted by Crippen LogP contribution is -2.50. The van der Waals surface area contributed by atoms with Crippen LogP contribution in [0.2, 0.25) is 0 Å². The molecule has 34 heavy (non-hydrogen) atoms. The highest BCUT2D eigenvalue weighted by atomic mass is 79.9. The Morgan fingerprint density at radius 1 is 1.26 bits per heavy atom. The van der Waals surface area contributed by atoms with Gasteiger partial charge in [0.2, 0.25) is 5.90 Å². The summed E-state index contributed by atoms with van der Waals surface area (Å²) in [4.78, 5) is 17.7. The van der Waals surface area contributed by atoms with E-state index in [1.165, 1.54) is 6.08 Å². The van der Waals surface area contributed by atoms with Crippen molar-refractivity contribution in [1.29, 1.82) is 0 Å². The minimum absolute atomic E-state index is 0.0148. The van der Waals surface area contributed by atoms with Crippen LogP contribution in [0, 0.1) is 0 Å². The lowest BCUT2D eigenvalue weighted by Gasteiger charge is -2.30. The molecule has 0 spiro atoms. The molecule has 0 unspecified atom stereocenters. The Kier molecular flexibility index (Phi) is 8.37. The summed E-state index contributed by atoms with van der Waals surface area (Å²) in [7, 11) is 0.